The summed E-state index contributed by atoms with van der Waals surface area (Å²) in [4.78, 5) is 4.12. The average molecular weight is 273 g/mol. The summed E-state index contributed by atoms with van der Waals surface area (Å²) in [6.45, 7) is 0. The molecule has 2 rings (SSSR count). The van der Waals surface area contributed by atoms with Crippen molar-refractivity contribution in [2.45, 2.75) is 19.3 Å². The molecule has 0 aliphatic carbocycles. The van der Waals surface area contributed by atoms with E-state index in [-0.39, 0.29) is 6.42 Å². The molecule has 0 atom stereocenters. The minimum Gasteiger partial charge on any atom is -0.339 e. The van der Waals surface area contributed by atoms with Crippen LogP contribution in [-0.4, -0.2) is 16.0 Å². The molecule has 0 aliphatic heterocycles. The molecule has 1 aromatic heterocycles. The van der Waals surface area contributed by atoms with Crippen LogP contribution in [0.4, 0.5) is 8.78 Å². The predicted molar refractivity (Wildman–Crippen MR) is 62.5 cm³/mol. The van der Waals surface area contributed by atoms with Crippen LogP contribution in [-0.2, 0) is 12.8 Å². The summed E-state index contributed by atoms with van der Waals surface area (Å²) >= 11 is 5.55. The highest BCUT2D eigenvalue weighted by Crippen LogP contribution is 2.12. The summed E-state index contributed by atoms with van der Waals surface area (Å²) < 4.78 is 31.0. The van der Waals surface area contributed by atoms with Crippen molar-refractivity contribution in [2.24, 2.45) is 0 Å². The van der Waals surface area contributed by atoms with Gasteiger partial charge in [-0.3, -0.25) is 0 Å². The first-order chi connectivity index (χ1) is 8.67. The van der Waals surface area contributed by atoms with Gasteiger partial charge in [0.2, 0.25) is 5.89 Å². The Morgan fingerprint density at radius 1 is 1.17 bits per heavy atom. The number of aromatic nitrogens is 2. The number of rotatable bonds is 5. The highest BCUT2D eigenvalue weighted by molar-refractivity contribution is 6.17. The summed E-state index contributed by atoms with van der Waals surface area (Å²) in [6, 6.07) is 3.32. The van der Waals surface area contributed by atoms with Gasteiger partial charge in [0.1, 0.15) is 11.6 Å². The number of hydrogen-bond donors (Lipinski definition) is 0. The number of hydrogen-bond acceptors (Lipinski definition) is 3. The van der Waals surface area contributed by atoms with Crippen LogP contribution < -0.4 is 0 Å². The molecule has 3 nitrogen and oxygen atoms in total. The quantitative estimate of drug-likeness (QED) is 0.785. The Morgan fingerprint density at radius 3 is 2.56 bits per heavy atom. The maximum atomic E-state index is 13.0. The lowest BCUT2D eigenvalue weighted by Gasteiger charge is -1.97. The Morgan fingerprint density at radius 2 is 1.89 bits per heavy atom. The van der Waals surface area contributed by atoms with Crippen molar-refractivity contribution < 1.29 is 13.3 Å². The van der Waals surface area contributed by atoms with Crippen molar-refractivity contribution in [1.82, 2.24) is 10.1 Å². The van der Waals surface area contributed by atoms with E-state index in [1.54, 1.807) is 0 Å². The van der Waals surface area contributed by atoms with Crippen LogP contribution in [0.5, 0.6) is 0 Å². The zero-order valence-corrected chi connectivity index (χ0v) is 10.3. The number of halogens is 3. The van der Waals surface area contributed by atoms with Gasteiger partial charge in [-0.2, -0.15) is 4.98 Å². The van der Waals surface area contributed by atoms with Gasteiger partial charge < -0.3 is 4.52 Å². The number of nitrogens with zero attached hydrogens (tertiary/aromatic N) is 2. The lowest BCUT2D eigenvalue weighted by Crippen LogP contribution is -1.94. The first kappa shape index (κ1) is 13.0. The maximum Gasteiger partial charge on any atom is 0.226 e. The van der Waals surface area contributed by atoms with E-state index in [9.17, 15) is 8.78 Å². The fourth-order valence-corrected chi connectivity index (χ4v) is 1.71. The maximum absolute atomic E-state index is 13.0. The zero-order valence-electron chi connectivity index (χ0n) is 9.50. The van der Waals surface area contributed by atoms with Crippen LogP contribution in [0.25, 0.3) is 0 Å². The third kappa shape index (κ3) is 3.50. The Labute approximate surface area is 108 Å². The van der Waals surface area contributed by atoms with Crippen LogP contribution in [0.15, 0.2) is 22.7 Å². The van der Waals surface area contributed by atoms with Crippen LogP contribution >= 0.6 is 11.6 Å². The number of alkyl halides is 1. The monoisotopic (exact) mass is 272 g/mol. The third-order valence-corrected chi connectivity index (χ3v) is 2.59. The second kappa shape index (κ2) is 5.91. The topological polar surface area (TPSA) is 38.9 Å². The van der Waals surface area contributed by atoms with E-state index in [1.807, 2.05) is 0 Å². The molecule has 2 aromatic rings. The molecule has 0 radical (unpaired) electrons. The highest BCUT2D eigenvalue weighted by atomic mass is 35.5. The van der Waals surface area contributed by atoms with Crippen LogP contribution in [0.3, 0.4) is 0 Å². The number of benzene rings is 1. The van der Waals surface area contributed by atoms with Gasteiger partial charge >= 0.3 is 0 Å². The van der Waals surface area contributed by atoms with Gasteiger partial charge in [-0.05, 0) is 24.1 Å². The Hall–Kier alpha value is -1.49. The first-order valence-corrected chi connectivity index (χ1v) is 6.03. The minimum atomic E-state index is -0.615. The van der Waals surface area contributed by atoms with E-state index in [2.05, 4.69) is 10.1 Å². The summed E-state index contributed by atoms with van der Waals surface area (Å²) in [6.07, 6.45) is 1.59. The summed E-state index contributed by atoms with van der Waals surface area (Å²) in [5.74, 6) is 0.186. The molecule has 0 saturated carbocycles. The molecule has 0 aliphatic rings. The van der Waals surface area contributed by atoms with Crippen LogP contribution in [0.1, 0.15) is 23.7 Å². The fourth-order valence-electron chi connectivity index (χ4n) is 1.58. The SMILES string of the molecule is Fc1cc(F)cc(Cc2noc(CCCCl)n2)c1. The van der Waals surface area contributed by atoms with E-state index in [0.29, 0.717) is 29.6 Å². The van der Waals surface area contributed by atoms with Crippen molar-refractivity contribution in [3.05, 3.63) is 47.1 Å². The smallest absolute Gasteiger partial charge is 0.226 e. The van der Waals surface area contributed by atoms with Gasteiger partial charge in [0, 0.05) is 24.8 Å². The molecule has 0 fully saturated rings. The molecule has 6 heteroatoms. The second-order valence-electron chi connectivity index (χ2n) is 3.85. The van der Waals surface area contributed by atoms with Gasteiger partial charge in [-0.15, -0.1) is 11.6 Å². The molecule has 96 valence electrons. The van der Waals surface area contributed by atoms with Crippen LogP contribution in [0.2, 0.25) is 0 Å². The summed E-state index contributed by atoms with van der Waals surface area (Å²) in [5, 5.41) is 3.75. The minimum absolute atomic E-state index is 0.235. The normalized spacial score (nSPS) is 10.8. The van der Waals surface area contributed by atoms with Gasteiger partial charge in [0.25, 0.3) is 0 Å². The molecule has 0 saturated heterocycles. The lowest BCUT2D eigenvalue weighted by molar-refractivity contribution is 0.373. The van der Waals surface area contributed by atoms with Crippen molar-refractivity contribution in [3.8, 4) is 0 Å². The van der Waals surface area contributed by atoms with Gasteiger partial charge in [0.05, 0.1) is 0 Å². The zero-order chi connectivity index (χ0) is 13.0. The lowest BCUT2D eigenvalue weighted by atomic mass is 10.1. The molecule has 0 bridgehead atoms. The van der Waals surface area contributed by atoms with E-state index in [0.717, 1.165) is 12.5 Å². The van der Waals surface area contributed by atoms with Crippen molar-refractivity contribution in [3.63, 3.8) is 0 Å². The summed E-state index contributed by atoms with van der Waals surface area (Å²) in [7, 11) is 0. The molecule has 18 heavy (non-hydrogen) atoms. The predicted octanol–water partition coefficient (Wildman–Crippen LogP) is 3.11. The molecule has 0 N–H and O–H groups in total. The molecule has 1 aromatic carbocycles. The van der Waals surface area contributed by atoms with E-state index >= 15 is 0 Å². The van der Waals surface area contributed by atoms with Crippen molar-refractivity contribution in [2.75, 3.05) is 5.88 Å². The Kier molecular flexibility index (Phi) is 4.25. The molecule has 0 unspecified atom stereocenters. The second-order valence-corrected chi connectivity index (χ2v) is 4.23. The van der Waals surface area contributed by atoms with Gasteiger partial charge in [-0.1, -0.05) is 5.16 Å². The van der Waals surface area contributed by atoms with E-state index in [4.69, 9.17) is 16.1 Å². The van der Waals surface area contributed by atoms with E-state index in [1.165, 1.54) is 12.1 Å². The Bertz CT molecular complexity index is 510. The molecule has 1 heterocycles. The Balaban J connectivity index is 2.06. The third-order valence-electron chi connectivity index (χ3n) is 2.32. The standard InChI is InChI=1S/C12H11ClF2N2O/c13-3-1-2-12-16-11(17-18-12)6-8-4-9(14)7-10(15)5-8/h4-5,7H,1-3,6H2. The number of aryl methyl sites for hydroxylation is 1. The fraction of sp³-hybridized carbons (Fsp3) is 0.333. The van der Waals surface area contributed by atoms with Gasteiger partial charge in [-0.25, -0.2) is 8.78 Å². The van der Waals surface area contributed by atoms with Gasteiger partial charge in [0.15, 0.2) is 5.82 Å². The van der Waals surface area contributed by atoms with E-state index < -0.39 is 11.6 Å². The summed E-state index contributed by atoms with van der Waals surface area (Å²) in [5.41, 5.74) is 0.470. The largest absolute Gasteiger partial charge is 0.339 e. The molecule has 0 amide bonds. The molecular weight excluding hydrogens is 262 g/mol. The van der Waals surface area contributed by atoms with Crippen molar-refractivity contribution in [1.29, 1.82) is 0 Å². The first-order valence-electron chi connectivity index (χ1n) is 5.50. The molecular formula is C12H11ClF2N2O. The average Bonchev–Trinajstić information content (AvgIpc) is 2.72. The van der Waals surface area contributed by atoms with Crippen LogP contribution in [0, 0.1) is 11.6 Å². The van der Waals surface area contributed by atoms with Crippen molar-refractivity contribution >= 4 is 11.6 Å². The highest BCUT2D eigenvalue weighted by Gasteiger charge is 2.08. The molecule has 0 spiro atoms.